The van der Waals surface area contributed by atoms with Gasteiger partial charge in [0.25, 0.3) is 11.8 Å². The molecular weight excluding hydrogens is 533 g/mol. The minimum absolute atomic E-state index is 0.0258. The molecule has 1 saturated heterocycles. The molecule has 0 spiro atoms. The van der Waals surface area contributed by atoms with Crippen molar-refractivity contribution in [2.45, 2.75) is 12.7 Å². The van der Waals surface area contributed by atoms with E-state index < -0.39 is 17.6 Å². The number of benzene rings is 3. The largest absolute Gasteiger partial charge is 0.439 e. The number of alkyl halides is 3. The molecule has 2 amide bonds. The lowest BCUT2D eigenvalue weighted by molar-refractivity contribution is -0.137. The van der Waals surface area contributed by atoms with E-state index in [0.29, 0.717) is 30.1 Å². The molecule has 2 heterocycles. The molecule has 210 valence electrons. The Kier molecular flexibility index (Phi) is 8.30. The van der Waals surface area contributed by atoms with E-state index >= 15 is 0 Å². The fourth-order valence-electron chi connectivity index (χ4n) is 4.45. The zero-order chi connectivity index (χ0) is 28.8. The fourth-order valence-corrected chi connectivity index (χ4v) is 4.45. The van der Waals surface area contributed by atoms with Gasteiger partial charge in [-0.25, -0.2) is 4.98 Å². The second-order valence-corrected chi connectivity index (χ2v) is 9.59. The van der Waals surface area contributed by atoms with Crippen molar-refractivity contribution >= 4 is 17.5 Å². The Morgan fingerprint density at radius 2 is 1.46 bits per heavy atom. The molecule has 10 heteroatoms. The Balaban J connectivity index is 1.11. The smallest absolute Gasteiger partial charge is 0.416 e. The summed E-state index contributed by atoms with van der Waals surface area (Å²) in [4.78, 5) is 33.7. The van der Waals surface area contributed by atoms with Crippen LogP contribution in [0.4, 0.5) is 18.9 Å². The number of anilines is 1. The van der Waals surface area contributed by atoms with Crippen LogP contribution in [0.3, 0.4) is 0 Å². The van der Waals surface area contributed by atoms with Crippen LogP contribution in [-0.4, -0.2) is 52.8 Å². The molecule has 1 N–H and O–H groups in total. The highest BCUT2D eigenvalue weighted by molar-refractivity contribution is 6.04. The molecular formula is C31H27F3N4O3. The third kappa shape index (κ3) is 7.29. The van der Waals surface area contributed by atoms with Gasteiger partial charge in [-0.15, -0.1) is 0 Å². The Morgan fingerprint density at radius 3 is 2.07 bits per heavy atom. The lowest BCUT2D eigenvalue weighted by Gasteiger charge is -2.34. The van der Waals surface area contributed by atoms with Crippen LogP contribution >= 0.6 is 0 Å². The number of halogens is 3. The minimum atomic E-state index is -4.47. The average molecular weight is 561 g/mol. The number of rotatable bonds is 7. The fraction of sp³-hybridized carbons (Fsp3) is 0.194. The second kappa shape index (κ2) is 12.2. The molecule has 0 radical (unpaired) electrons. The van der Waals surface area contributed by atoms with Crippen molar-refractivity contribution < 1.29 is 27.5 Å². The van der Waals surface area contributed by atoms with E-state index in [-0.39, 0.29) is 17.4 Å². The maximum atomic E-state index is 13.0. The number of hydrogen-bond donors (Lipinski definition) is 1. The summed E-state index contributed by atoms with van der Waals surface area (Å²) in [6.07, 6.45) is -3.09. The van der Waals surface area contributed by atoms with Crippen molar-refractivity contribution in [3.63, 3.8) is 0 Å². The highest BCUT2D eigenvalue weighted by Crippen LogP contribution is 2.29. The Bertz CT molecular complexity index is 1470. The van der Waals surface area contributed by atoms with Gasteiger partial charge >= 0.3 is 6.18 Å². The number of piperazine rings is 1. The van der Waals surface area contributed by atoms with Crippen LogP contribution in [0.25, 0.3) is 0 Å². The Hall–Kier alpha value is -4.70. The second-order valence-electron chi connectivity index (χ2n) is 9.59. The first-order valence-corrected chi connectivity index (χ1v) is 13.0. The van der Waals surface area contributed by atoms with Crippen LogP contribution in [0, 0.1) is 0 Å². The summed E-state index contributed by atoms with van der Waals surface area (Å²) >= 11 is 0. The van der Waals surface area contributed by atoms with Gasteiger partial charge < -0.3 is 15.0 Å². The summed E-state index contributed by atoms with van der Waals surface area (Å²) in [5.74, 6) is 0.170. The van der Waals surface area contributed by atoms with Gasteiger partial charge in [0.15, 0.2) is 0 Å². The average Bonchev–Trinajstić information content (AvgIpc) is 2.99. The normalized spacial score (nSPS) is 14.0. The van der Waals surface area contributed by atoms with Gasteiger partial charge in [0.2, 0.25) is 5.88 Å². The molecule has 5 rings (SSSR count). The molecule has 0 unspecified atom stereocenters. The molecule has 1 aromatic heterocycles. The molecule has 4 aromatic rings. The van der Waals surface area contributed by atoms with Gasteiger partial charge in [-0.05, 0) is 60.2 Å². The third-order valence-corrected chi connectivity index (χ3v) is 6.70. The van der Waals surface area contributed by atoms with E-state index in [1.165, 1.54) is 11.8 Å². The van der Waals surface area contributed by atoms with Gasteiger partial charge in [0.1, 0.15) is 5.75 Å². The van der Waals surface area contributed by atoms with E-state index in [1.807, 2.05) is 23.1 Å². The molecule has 41 heavy (non-hydrogen) atoms. The minimum Gasteiger partial charge on any atom is -0.439 e. The van der Waals surface area contributed by atoms with Crippen molar-refractivity contribution in [3.05, 3.63) is 119 Å². The van der Waals surface area contributed by atoms with Crippen molar-refractivity contribution in [3.8, 4) is 11.6 Å². The first-order chi connectivity index (χ1) is 19.7. The standard InChI is InChI=1S/C31H27F3N4O3/c32-31(33,34)25-10-6-23(7-11-25)29(39)36-26-12-15-28(35-20-26)41-27-13-8-24(9-14-27)30(40)38-18-16-37(17-19-38)21-22-4-2-1-3-5-22/h1-15,20H,16-19,21H2,(H,36,39). The SMILES string of the molecule is O=C(Nc1ccc(Oc2ccc(C(=O)N3CCN(Cc4ccccc4)CC3)cc2)nc1)c1ccc(C(F)(F)F)cc1. The number of ether oxygens (including phenoxy) is 1. The number of carbonyl (C=O) groups is 2. The quantitative estimate of drug-likeness (QED) is 0.296. The third-order valence-electron chi connectivity index (χ3n) is 6.70. The van der Waals surface area contributed by atoms with Gasteiger partial charge in [-0.3, -0.25) is 14.5 Å². The molecule has 0 atom stereocenters. The molecule has 0 saturated carbocycles. The van der Waals surface area contributed by atoms with E-state index in [4.69, 9.17) is 4.74 Å². The highest BCUT2D eigenvalue weighted by atomic mass is 19.4. The van der Waals surface area contributed by atoms with E-state index in [9.17, 15) is 22.8 Å². The summed E-state index contributed by atoms with van der Waals surface area (Å²) in [6.45, 7) is 3.82. The number of nitrogens with one attached hydrogen (secondary N) is 1. The zero-order valence-electron chi connectivity index (χ0n) is 22.0. The highest BCUT2D eigenvalue weighted by Gasteiger charge is 2.30. The predicted octanol–water partition coefficient (Wildman–Crippen LogP) is 6.10. The van der Waals surface area contributed by atoms with E-state index in [0.717, 1.165) is 43.9 Å². The van der Waals surface area contributed by atoms with Gasteiger partial charge in [0, 0.05) is 49.9 Å². The molecule has 7 nitrogen and oxygen atoms in total. The number of amides is 2. The summed E-state index contributed by atoms with van der Waals surface area (Å²) in [5, 5.41) is 2.59. The summed E-state index contributed by atoms with van der Waals surface area (Å²) in [7, 11) is 0. The van der Waals surface area contributed by atoms with Crippen LogP contribution in [0.5, 0.6) is 11.6 Å². The Labute approximate surface area is 235 Å². The lowest BCUT2D eigenvalue weighted by atomic mass is 10.1. The molecule has 1 aliphatic heterocycles. The van der Waals surface area contributed by atoms with Gasteiger partial charge in [-0.2, -0.15) is 13.2 Å². The molecule has 0 aliphatic carbocycles. The predicted molar refractivity (Wildman–Crippen MR) is 148 cm³/mol. The monoisotopic (exact) mass is 560 g/mol. The topological polar surface area (TPSA) is 74.8 Å². The molecule has 0 bridgehead atoms. The van der Waals surface area contributed by atoms with Crippen molar-refractivity contribution in [2.24, 2.45) is 0 Å². The summed E-state index contributed by atoms with van der Waals surface area (Å²) in [5.41, 5.74) is 1.44. The summed E-state index contributed by atoms with van der Waals surface area (Å²) in [6, 6.07) is 24.2. The zero-order valence-corrected chi connectivity index (χ0v) is 22.0. The maximum absolute atomic E-state index is 13.0. The number of hydrogen-bond acceptors (Lipinski definition) is 5. The van der Waals surface area contributed by atoms with Crippen molar-refractivity contribution in [2.75, 3.05) is 31.5 Å². The van der Waals surface area contributed by atoms with Crippen molar-refractivity contribution in [1.82, 2.24) is 14.8 Å². The van der Waals surface area contributed by atoms with Crippen LogP contribution in [0.2, 0.25) is 0 Å². The first kappa shape index (κ1) is 27.9. The van der Waals surface area contributed by atoms with Crippen molar-refractivity contribution in [1.29, 1.82) is 0 Å². The Morgan fingerprint density at radius 1 is 0.805 bits per heavy atom. The lowest BCUT2D eigenvalue weighted by Crippen LogP contribution is -2.48. The van der Waals surface area contributed by atoms with Crippen LogP contribution < -0.4 is 10.1 Å². The number of aromatic nitrogens is 1. The number of carbonyl (C=O) groups excluding carboxylic acids is 2. The van der Waals surface area contributed by atoms with Crippen LogP contribution in [0.15, 0.2) is 97.2 Å². The van der Waals surface area contributed by atoms with Crippen LogP contribution in [-0.2, 0) is 12.7 Å². The number of nitrogens with zero attached hydrogens (tertiary/aromatic N) is 3. The van der Waals surface area contributed by atoms with E-state index in [2.05, 4.69) is 27.3 Å². The first-order valence-electron chi connectivity index (χ1n) is 13.0. The van der Waals surface area contributed by atoms with Crippen LogP contribution in [0.1, 0.15) is 31.8 Å². The molecule has 3 aromatic carbocycles. The van der Waals surface area contributed by atoms with Gasteiger partial charge in [0.05, 0.1) is 17.4 Å². The maximum Gasteiger partial charge on any atom is 0.416 e. The van der Waals surface area contributed by atoms with Gasteiger partial charge in [-0.1, -0.05) is 30.3 Å². The summed E-state index contributed by atoms with van der Waals surface area (Å²) < 4.78 is 43.9. The number of pyridine rings is 1. The van der Waals surface area contributed by atoms with E-state index in [1.54, 1.807) is 36.4 Å². The molecule has 1 aliphatic rings. The molecule has 1 fully saturated rings.